The molecule has 0 atom stereocenters. The van der Waals surface area contributed by atoms with Crippen LogP contribution in [0.15, 0.2) is 30.6 Å². The summed E-state index contributed by atoms with van der Waals surface area (Å²) in [6, 6.07) is 4.50. The third kappa shape index (κ3) is 2.09. The Kier molecular flexibility index (Phi) is 3.57. The van der Waals surface area contributed by atoms with Gasteiger partial charge in [0.15, 0.2) is 0 Å². The fourth-order valence-corrected chi connectivity index (χ4v) is 1.09. The first-order valence-corrected chi connectivity index (χ1v) is 3.69. The van der Waals surface area contributed by atoms with Crippen molar-refractivity contribution in [1.82, 2.24) is 9.97 Å². The number of aromatic nitrogens is 2. The molecule has 1 heterocycles. The van der Waals surface area contributed by atoms with Crippen LogP contribution in [0.5, 0.6) is 0 Å². The van der Waals surface area contributed by atoms with E-state index in [1.807, 2.05) is 0 Å². The van der Waals surface area contributed by atoms with Gasteiger partial charge in [0.2, 0.25) is 0 Å². The molecule has 0 N–H and O–H groups in total. The molecule has 0 aliphatic carbocycles. The van der Waals surface area contributed by atoms with Crippen LogP contribution in [-0.4, -0.2) is 15.9 Å². The van der Waals surface area contributed by atoms with Crippen molar-refractivity contribution in [2.45, 2.75) is 0 Å². The fourth-order valence-electron chi connectivity index (χ4n) is 1.09. The van der Waals surface area contributed by atoms with Crippen molar-refractivity contribution >= 4 is 17.0 Å². The van der Waals surface area contributed by atoms with E-state index in [0.29, 0.717) is 11.0 Å². The second-order valence-corrected chi connectivity index (χ2v) is 2.55. The Morgan fingerprint density at radius 2 is 1.79 bits per heavy atom. The van der Waals surface area contributed by atoms with Crippen molar-refractivity contribution in [3.63, 3.8) is 0 Å². The number of carbonyl (C=O) groups excluding carboxylic acids is 1. The number of nitrogens with zero attached hydrogens (tertiary/aromatic N) is 2. The maximum Gasteiger partial charge on any atom is 1.00 e. The Hall–Kier alpha value is -0.970. The monoisotopic (exact) mass is 196 g/mol. The third-order valence-corrected chi connectivity index (χ3v) is 1.71. The van der Waals surface area contributed by atoms with Crippen molar-refractivity contribution in [3.05, 3.63) is 36.2 Å². The first-order chi connectivity index (χ1) is 6.27. The maximum atomic E-state index is 10.5. The van der Waals surface area contributed by atoms with Crippen molar-refractivity contribution in [2.75, 3.05) is 0 Å². The summed E-state index contributed by atoms with van der Waals surface area (Å²) in [6.07, 6.45) is 3.07. The van der Waals surface area contributed by atoms with Gasteiger partial charge in [0.1, 0.15) is 0 Å². The van der Waals surface area contributed by atoms with E-state index in [4.69, 9.17) is 0 Å². The summed E-state index contributed by atoms with van der Waals surface area (Å²) >= 11 is 0. The molecule has 0 aliphatic heterocycles. The zero-order chi connectivity index (χ0) is 9.26. The number of hydrogen-bond acceptors (Lipinski definition) is 4. The van der Waals surface area contributed by atoms with Gasteiger partial charge in [0.05, 0.1) is 17.0 Å². The van der Waals surface area contributed by atoms with E-state index < -0.39 is 5.97 Å². The summed E-state index contributed by atoms with van der Waals surface area (Å²) in [5, 5.41) is 10.5. The fraction of sp³-hybridized carbons (Fsp3) is 0. The Bertz CT molecular complexity index is 473. The molecule has 0 amide bonds. The number of rotatable bonds is 1. The van der Waals surface area contributed by atoms with Gasteiger partial charge >= 0.3 is 29.6 Å². The molecular formula is C9H5N2NaO2. The summed E-state index contributed by atoms with van der Waals surface area (Å²) in [7, 11) is 0. The first-order valence-electron chi connectivity index (χ1n) is 3.69. The van der Waals surface area contributed by atoms with Crippen molar-refractivity contribution in [1.29, 1.82) is 0 Å². The van der Waals surface area contributed by atoms with E-state index in [9.17, 15) is 9.90 Å². The molecule has 14 heavy (non-hydrogen) atoms. The summed E-state index contributed by atoms with van der Waals surface area (Å²) < 4.78 is 0. The number of fused-ring (bicyclic) bond motifs is 1. The predicted octanol–water partition coefficient (Wildman–Crippen LogP) is -3.00. The second kappa shape index (κ2) is 4.50. The second-order valence-electron chi connectivity index (χ2n) is 2.55. The van der Waals surface area contributed by atoms with E-state index in [1.165, 1.54) is 18.3 Å². The van der Waals surface area contributed by atoms with E-state index in [1.54, 1.807) is 12.3 Å². The van der Waals surface area contributed by atoms with Gasteiger partial charge < -0.3 is 9.90 Å². The van der Waals surface area contributed by atoms with Gasteiger partial charge in [-0.3, -0.25) is 9.97 Å². The van der Waals surface area contributed by atoms with Crippen molar-refractivity contribution in [3.8, 4) is 0 Å². The molecule has 64 valence electrons. The van der Waals surface area contributed by atoms with Gasteiger partial charge in [0.25, 0.3) is 0 Å². The SMILES string of the molecule is O=C([O-])c1ccc2nccnc2c1.[Na+]. The summed E-state index contributed by atoms with van der Waals surface area (Å²) in [5.74, 6) is -1.20. The molecule has 0 aliphatic rings. The normalized spacial score (nSPS) is 9.43. The van der Waals surface area contributed by atoms with Crippen LogP contribution in [0.3, 0.4) is 0 Å². The molecule has 2 rings (SSSR count). The molecule has 5 heteroatoms. The molecule has 0 bridgehead atoms. The minimum absolute atomic E-state index is 0. The minimum atomic E-state index is -1.20. The van der Waals surface area contributed by atoms with Crippen LogP contribution >= 0.6 is 0 Å². The number of carbonyl (C=O) groups is 1. The largest absolute Gasteiger partial charge is 1.00 e. The van der Waals surface area contributed by atoms with Crippen LogP contribution in [0.4, 0.5) is 0 Å². The molecule has 0 spiro atoms. The average Bonchev–Trinajstić information content (AvgIpc) is 2.17. The third-order valence-electron chi connectivity index (χ3n) is 1.71. The van der Waals surface area contributed by atoms with Gasteiger partial charge in [-0.25, -0.2) is 0 Å². The maximum absolute atomic E-state index is 10.5. The molecule has 0 unspecified atom stereocenters. The van der Waals surface area contributed by atoms with Gasteiger partial charge in [-0.05, 0) is 17.7 Å². The predicted molar refractivity (Wildman–Crippen MR) is 43.9 cm³/mol. The van der Waals surface area contributed by atoms with E-state index >= 15 is 0 Å². The number of carboxylic acids is 1. The average molecular weight is 196 g/mol. The summed E-state index contributed by atoms with van der Waals surface area (Å²) in [6.45, 7) is 0. The van der Waals surface area contributed by atoms with Crippen LogP contribution in [-0.2, 0) is 0 Å². The van der Waals surface area contributed by atoms with Crippen molar-refractivity contribution < 1.29 is 39.5 Å². The molecule has 0 saturated carbocycles. The Morgan fingerprint density at radius 1 is 1.14 bits per heavy atom. The van der Waals surface area contributed by atoms with E-state index in [0.717, 1.165) is 0 Å². The number of aromatic carboxylic acids is 1. The number of hydrogen-bond donors (Lipinski definition) is 0. The van der Waals surface area contributed by atoms with Crippen LogP contribution in [0.2, 0.25) is 0 Å². The zero-order valence-corrected chi connectivity index (χ0v) is 9.60. The molecule has 0 fully saturated rings. The van der Waals surface area contributed by atoms with E-state index in [-0.39, 0.29) is 35.1 Å². The van der Waals surface area contributed by atoms with Crippen molar-refractivity contribution in [2.24, 2.45) is 0 Å². The van der Waals surface area contributed by atoms with E-state index in [2.05, 4.69) is 9.97 Å². The quantitative estimate of drug-likeness (QED) is 0.456. The summed E-state index contributed by atoms with van der Waals surface area (Å²) in [4.78, 5) is 18.5. The zero-order valence-electron chi connectivity index (χ0n) is 7.60. The van der Waals surface area contributed by atoms with Gasteiger partial charge in [-0.1, -0.05) is 6.07 Å². The molecule has 0 radical (unpaired) electrons. The van der Waals surface area contributed by atoms with Crippen LogP contribution in [0.1, 0.15) is 10.4 Å². The summed E-state index contributed by atoms with van der Waals surface area (Å²) in [5.41, 5.74) is 1.35. The van der Waals surface area contributed by atoms with Crippen LogP contribution < -0.4 is 34.7 Å². The Morgan fingerprint density at radius 3 is 2.43 bits per heavy atom. The van der Waals surface area contributed by atoms with Gasteiger partial charge in [0, 0.05) is 12.4 Å². The standard InChI is InChI=1S/C9H6N2O2.Na/c12-9(13)6-1-2-7-8(5-6)11-4-3-10-7;/h1-5H,(H,12,13);/q;+1/p-1. The molecule has 1 aromatic heterocycles. The molecular weight excluding hydrogens is 191 g/mol. The van der Waals surface area contributed by atoms with Gasteiger partial charge in [-0.2, -0.15) is 0 Å². The smallest absolute Gasteiger partial charge is 0.545 e. The number of carboxylic acid groups (broad SMARTS) is 1. The molecule has 4 nitrogen and oxygen atoms in total. The Balaban J connectivity index is 0.000000980. The molecule has 1 aromatic carbocycles. The van der Waals surface area contributed by atoms with Crippen LogP contribution in [0.25, 0.3) is 11.0 Å². The topological polar surface area (TPSA) is 65.9 Å². The Labute approximate surface area is 102 Å². The first kappa shape index (κ1) is 11.1. The number of benzene rings is 1. The molecule has 0 saturated heterocycles. The minimum Gasteiger partial charge on any atom is -0.545 e. The van der Waals surface area contributed by atoms with Crippen LogP contribution in [0, 0.1) is 0 Å². The molecule has 2 aromatic rings. The van der Waals surface area contributed by atoms with Gasteiger partial charge in [-0.15, -0.1) is 0 Å².